The molecule has 0 bridgehead atoms. The molecule has 0 radical (unpaired) electrons. The molecular formula is C10H7NaO2. The predicted molar refractivity (Wildman–Crippen MR) is 43.1 cm³/mol. The van der Waals surface area contributed by atoms with Gasteiger partial charge in [0.2, 0.25) is 0 Å². The maximum absolute atomic E-state index is 10.5. The Morgan fingerprint density at radius 2 is 2.00 bits per heavy atom. The normalized spacial score (nSPS) is 12.8. The monoisotopic (exact) mass is 182 g/mol. The minimum Gasteiger partial charge on any atom is -0.545 e. The maximum Gasteiger partial charge on any atom is 1.00 e. The summed E-state index contributed by atoms with van der Waals surface area (Å²) in [7, 11) is 0. The number of carboxylic acid groups (broad SMARTS) is 1. The molecule has 1 aliphatic carbocycles. The van der Waals surface area contributed by atoms with Crippen molar-refractivity contribution in [2.45, 2.75) is 6.42 Å². The van der Waals surface area contributed by atoms with Crippen molar-refractivity contribution in [3.8, 4) is 0 Å². The summed E-state index contributed by atoms with van der Waals surface area (Å²) in [6.45, 7) is 0. The number of hydrogen-bond acceptors (Lipinski definition) is 2. The van der Waals surface area contributed by atoms with Crippen LogP contribution < -0.4 is 34.7 Å². The average molecular weight is 182 g/mol. The summed E-state index contributed by atoms with van der Waals surface area (Å²) >= 11 is 0. The van der Waals surface area contributed by atoms with Gasteiger partial charge in [-0.1, -0.05) is 24.3 Å². The minimum atomic E-state index is -1.06. The molecule has 2 nitrogen and oxygen atoms in total. The zero-order valence-corrected chi connectivity index (χ0v) is 9.41. The summed E-state index contributed by atoms with van der Waals surface area (Å²) in [4.78, 5) is 10.5. The van der Waals surface area contributed by atoms with Gasteiger partial charge in [0.15, 0.2) is 0 Å². The first-order chi connectivity index (χ1) is 5.77. The van der Waals surface area contributed by atoms with Crippen molar-refractivity contribution < 1.29 is 39.5 Å². The quantitative estimate of drug-likeness (QED) is 0.446. The van der Waals surface area contributed by atoms with Crippen LogP contribution in [0.25, 0.3) is 6.08 Å². The van der Waals surface area contributed by atoms with Crippen LogP contribution in [0.3, 0.4) is 0 Å². The Bertz CT molecular complexity index is 369. The van der Waals surface area contributed by atoms with Gasteiger partial charge in [-0.15, -0.1) is 0 Å². The van der Waals surface area contributed by atoms with Crippen molar-refractivity contribution in [3.63, 3.8) is 0 Å². The molecule has 0 saturated heterocycles. The van der Waals surface area contributed by atoms with Crippen molar-refractivity contribution >= 4 is 12.0 Å². The standard InChI is InChI=1S/C10H8O2.Na/c11-10(12)9-5-7-3-1-2-4-8(7)6-9;/h1-5H,6H2,(H,11,12);/q;+1/p-1. The fourth-order valence-corrected chi connectivity index (χ4v) is 1.41. The van der Waals surface area contributed by atoms with E-state index in [-0.39, 0.29) is 29.6 Å². The third-order valence-electron chi connectivity index (χ3n) is 2.03. The van der Waals surface area contributed by atoms with Crippen LogP contribution in [0.2, 0.25) is 0 Å². The van der Waals surface area contributed by atoms with Crippen LogP contribution in [0.15, 0.2) is 29.8 Å². The molecule has 1 aromatic rings. The molecule has 0 N–H and O–H groups in total. The van der Waals surface area contributed by atoms with Gasteiger partial charge in [0.1, 0.15) is 0 Å². The number of carbonyl (C=O) groups excluding carboxylic acids is 1. The van der Waals surface area contributed by atoms with Crippen molar-refractivity contribution in [2.24, 2.45) is 0 Å². The molecule has 0 aliphatic heterocycles. The molecule has 60 valence electrons. The molecule has 1 aromatic carbocycles. The summed E-state index contributed by atoms with van der Waals surface area (Å²) in [6.07, 6.45) is 2.17. The molecule has 3 heteroatoms. The summed E-state index contributed by atoms with van der Waals surface area (Å²) in [5.74, 6) is -1.06. The van der Waals surface area contributed by atoms with E-state index < -0.39 is 5.97 Å². The molecule has 2 rings (SSSR count). The third-order valence-corrected chi connectivity index (χ3v) is 2.03. The topological polar surface area (TPSA) is 40.1 Å². The van der Waals surface area contributed by atoms with E-state index >= 15 is 0 Å². The second kappa shape index (κ2) is 4.09. The first-order valence-electron chi connectivity index (χ1n) is 3.77. The first-order valence-corrected chi connectivity index (χ1v) is 3.77. The van der Waals surface area contributed by atoms with Crippen LogP contribution >= 0.6 is 0 Å². The SMILES string of the molecule is O=C([O-])C1=Cc2ccccc2C1.[Na+]. The number of rotatable bonds is 1. The number of carboxylic acids is 1. The fraction of sp³-hybridized carbons (Fsp3) is 0.100. The number of hydrogen-bond donors (Lipinski definition) is 0. The van der Waals surface area contributed by atoms with E-state index in [0.29, 0.717) is 12.0 Å². The van der Waals surface area contributed by atoms with Gasteiger partial charge in [-0.05, 0) is 29.2 Å². The third kappa shape index (κ3) is 2.02. The maximum atomic E-state index is 10.5. The van der Waals surface area contributed by atoms with E-state index in [1.807, 2.05) is 24.3 Å². The van der Waals surface area contributed by atoms with Crippen LogP contribution in [0, 0.1) is 0 Å². The molecule has 0 aromatic heterocycles. The molecule has 0 saturated carbocycles. The summed E-state index contributed by atoms with van der Waals surface area (Å²) in [5.41, 5.74) is 2.43. The Labute approximate surface area is 98.6 Å². The number of benzene rings is 1. The second-order valence-electron chi connectivity index (χ2n) is 2.83. The van der Waals surface area contributed by atoms with Gasteiger partial charge >= 0.3 is 29.6 Å². The van der Waals surface area contributed by atoms with Crippen LogP contribution in [-0.2, 0) is 11.2 Å². The zero-order chi connectivity index (χ0) is 8.55. The molecule has 0 unspecified atom stereocenters. The van der Waals surface area contributed by atoms with E-state index in [2.05, 4.69) is 0 Å². The summed E-state index contributed by atoms with van der Waals surface area (Å²) < 4.78 is 0. The Hall–Kier alpha value is -0.570. The van der Waals surface area contributed by atoms with Crippen LogP contribution in [0.5, 0.6) is 0 Å². The van der Waals surface area contributed by atoms with Crippen LogP contribution in [0.1, 0.15) is 11.1 Å². The van der Waals surface area contributed by atoms with Gasteiger partial charge in [-0.2, -0.15) is 0 Å². The van der Waals surface area contributed by atoms with E-state index in [1.165, 1.54) is 0 Å². The number of aliphatic carboxylic acids is 1. The number of carbonyl (C=O) groups is 1. The van der Waals surface area contributed by atoms with Gasteiger partial charge in [0.05, 0.1) is 5.97 Å². The van der Waals surface area contributed by atoms with Gasteiger partial charge in [0, 0.05) is 0 Å². The van der Waals surface area contributed by atoms with Gasteiger partial charge in [-0.25, -0.2) is 0 Å². The molecule has 0 atom stereocenters. The molecule has 1 aliphatic rings. The molecule has 0 heterocycles. The molecule has 13 heavy (non-hydrogen) atoms. The molecule has 0 amide bonds. The Morgan fingerprint density at radius 3 is 2.62 bits per heavy atom. The molecule has 0 fully saturated rings. The van der Waals surface area contributed by atoms with Crippen molar-refractivity contribution in [1.82, 2.24) is 0 Å². The van der Waals surface area contributed by atoms with Gasteiger partial charge < -0.3 is 9.90 Å². The summed E-state index contributed by atoms with van der Waals surface area (Å²) in [6, 6.07) is 7.64. The van der Waals surface area contributed by atoms with Crippen molar-refractivity contribution in [1.29, 1.82) is 0 Å². The van der Waals surface area contributed by atoms with E-state index in [0.717, 1.165) is 11.1 Å². The van der Waals surface area contributed by atoms with Crippen molar-refractivity contribution in [2.75, 3.05) is 0 Å². The largest absolute Gasteiger partial charge is 1.00 e. The smallest absolute Gasteiger partial charge is 0.545 e. The minimum absolute atomic E-state index is 0. The molecule has 0 spiro atoms. The van der Waals surface area contributed by atoms with Crippen molar-refractivity contribution in [3.05, 3.63) is 41.0 Å². The Kier molecular flexibility index (Phi) is 3.31. The van der Waals surface area contributed by atoms with Gasteiger partial charge in [0.25, 0.3) is 0 Å². The van der Waals surface area contributed by atoms with E-state index in [9.17, 15) is 9.90 Å². The van der Waals surface area contributed by atoms with Crippen LogP contribution in [0.4, 0.5) is 0 Å². The average Bonchev–Trinajstić information content (AvgIpc) is 2.46. The van der Waals surface area contributed by atoms with E-state index in [1.54, 1.807) is 6.08 Å². The Morgan fingerprint density at radius 1 is 1.31 bits per heavy atom. The van der Waals surface area contributed by atoms with E-state index in [4.69, 9.17) is 0 Å². The summed E-state index contributed by atoms with van der Waals surface area (Å²) in [5, 5.41) is 10.5. The predicted octanol–water partition coefficient (Wildman–Crippen LogP) is -2.62. The first kappa shape index (κ1) is 10.5. The zero-order valence-electron chi connectivity index (χ0n) is 7.41. The Balaban J connectivity index is 0.000000845. The second-order valence-corrected chi connectivity index (χ2v) is 2.83. The van der Waals surface area contributed by atoms with Gasteiger partial charge in [-0.3, -0.25) is 0 Å². The fourth-order valence-electron chi connectivity index (χ4n) is 1.41. The number of fused-ring (bicyclic) bond motifs is 1. The van der Waals surface area contributed by atoms with Crippen LogP contribution in [-0.4, -0.2) is 5.97 Å². The molecular weight excluding hydrogens is 175 g/mol.